The van der Waals surface area contributed by atoms with Crippen molar-refractivity contribution in [2.24, 2.45) is 11.3 Å². The van der Waals surface area contributed by atoms with Gasteiger partial charge in [0.05, 0.1) is 6.61 Å². The van der Waals surface area contributed by atoms with Gasteiger partial charge in [0.25, 0.3) is 0 Å². The molecule has 0 heterocycles. The van der Waals surface area contributed by atoms with Crippen LogP contribution in [0.15, 0.2) is 12.2 Å². The van der Waals surface area contributed by atoms with E-state index >= 15 is 0 Å². The maximum atomic E-state index is 9.41. The number of ether oxygens (including phenoxy) is 1. The van der Waals surface area contributed by atoms with Gasteiger partial charge in [-0.25, -0.2) is 0 Å². The number of methoxy groups -OCH3 is 1. The van der Waals surface area contributed by atoms with Gasteiger partial charge in [-0.15, -0.1) is 0 Å². The molecule has 0 saturated carbocycles. The standard InChI is InChI=1S/C8H18O2.C4H6O/c1-8(2,3)7(5-9)6-10-4;1-4(2)3-5/h7,9H,5-6H2,1-4H3;3H,1H2,2H3. The summed E-state index contributed by atoms with van der Waals surface area (Å²) in [7, 11) is 1.66. The third-order valence-corrected chi connectivity index (χ3v) is 2.01. The van der Waals surface area contributed by atoms with Crippen LogP contribution in [0.5, 0.6) is 0 Å². The van der Waals surface area contributed by atoms with E-state index in [1.807, 2.05) is 0 Å². The Morgan fingerprint density at radius 3 is 2.00 bits per heavy atom. The number of aliphatic hydroxyl groups excluding tert-OH is 1. The summed E-state index contributed by atoms with van der Waals surface area (Å²) < 4.78 is 4.96. The van der Waals surface area contributed by atoms with Crippen LogP contribution >= 0.6 is 0 Å². The van der Waals surface area contributed by atoms with Crippen molar-refractivity contribution in [2.75, 3.05) is 20.3 Å². The molecule has 0 rings (SSSR count). The molecular weight excluding hydrogens is 192 g/mol. The van der Waals surface area contributed by atoms with Crippen LogP contribution in [0.4, 0.5) is 0 Å². The molecule has 0 aromatic carbocycles. The maximum absolute atomic E-state index is 9.41. The second kappa shape index (κ2) is 8.62. The number of aliphatic hydroxyl groups is 1. The summed E-state index contributed by atoms with van der Waals surface area (Å²) in [6.45, 7) is 12.1. The number of rotatable bonds is 4. The van der Waals surface area contributed by atoms with Crippen molar-refractivity contribution in [3.05, 3.63) is 12.2 Å². The minimum atomic E-state index is 0.144. The van der Waals surface area contributed by atoms with Crippen molar-refractivity contribution in [1.82, 2.24) is 0 Å². The van der Waals surface area contributed by atoms with Gasteiger partial charge in [-0.1, -0.05) is 27.4 Å². The van der Waals surface area contributed by atoms with Crippen LogP contribution in [-0.4, -0.2) is 31.7 Å². The molecule has 0 spiro atoms. The van der Waals surface area contributed by atoms with E-state index in [4.69, 9.17) is 9.84 Å². The Morgan fingerprint density at radius 2 is 1.93 bits per heavy atom. The van der Waals surface area contributed by atoms with Crippen molar-refractivity contribution in [1.29, 1.82) is 0 Å². The van der Waals surface area contributed by atoms with Gasteiger partial charge in [0.2, 0.25) is 0 Å². The topological polar surface area (TPSA) is 46.5 Å². The van der Waals surface area contributed by atoms with Crippen molar-refractivity contribution >= 4 is 6.29 Å². The van der Waals surface area contributed by atoms with Crippen molar-refractivity contribution in [2.45, 2.75) is 27.7 Å². The predicted octanol–water partition coefficient (Wildman–Crippen LogP) is 2.05. The lowest BCUT2D eigenvalue weighted by Crippen LogP contribution is -2.27. The molecule has 0 radical (unpaired) electrons. The van der Waals surface area contributed by atoms with E-state index in [9.17, 15) is 4.79 Å². The average Bonchev–Trinajstić information content (AvgIpc) is 2.13. The second-order valence-corrected chi connectivity index (χ2v) is 4.67. The van der Waals surface area contributed by atoms with E-state index in [1.54, 1.807) is 14.0 Å². The van der Waals surface area contributed by atoms with E-state index in [0.717, 1.165) is 6.29 Å². The van der Waals surface area contributed by atoms with Gasteiger partial charge >= 0.3 is 0 Å². The summed E-state index contributed by atoms with van der Waals surface area (Å²) in [5.74, 6) is 0.248. The molecule has 0 aromatic heterocycles. The normalized spacial score (nSPS) is 12.4. The van der Waals surface area contributed by atoms with Crippen LogP contribution in [0.2, 0.25) is 0 Å². The zero-order chi connectivity index (χ0) is 12.5. The van der Waals surface area contributed by atoms with Crippen LogP contribution in [0, 0.1) is 11.3 Å². The summed E-state index contributed by atoms with van der Waals surface area (Å²) in [6, 6.07) is 0. The molecule has 90 valence electrons. The summed E-state index contributed by atoms with van der Waals surface area (Å²) in [4.78, 5) is 9.41. The monoisotopic (exact) mass is 216 g/mol. The fourth-order valence-corrected chi connectivity index (χ4v) is 0.778. The third kappa shape index (κ3) is 11.3. The molecule has 1 N–H and O–H groups in total. The average molecular weight is 216 g/mol. The highest BCUT2D eigenvalue weighted by Gasteiger charge is 2.23. The van der Waals surface area contributed by atoms with Gasteiger partial charge in [-0.2, -0.15) is 0 Å². The lowest BCUT2D eigenvalue weighted by molar-refractivity contribution is -0.104. The van der Waals surface area contributed by atoms with Crippen molar-refractivity contribution in [3.63, 3.8) is 0 Å². The Bertz CT molecular complexity index is 180. The summed E-state index contributed by atoms with van der Waals surface area (Å²) in [5, 5.41) is 8.91. The number of hydrogen-bond donors (Lipinski definition) is 1. The highest BCUT2D eigenvalue weighted by Crippen LogP contribution is 2.25. The van der Waals surface area contributed by atoms with Gasteiger partial charge in [0.15, 0.2) is 0 Å². The van der Waals surface area contributed by atoms with E-state index in [-0.39, 0.29) is 17.9 Å². The number of carbonyl (C=O) groups excluding carboxylic acids is 1. The molecule has 3 nitrogen and oxygen atoms in total. The molecule has 0 amide bonds. The molecule has 0 aromatic rings. The van der Waals surface area contributed by atoms with Gasteiger partial charge in [-0.3, -0.25) is 4.79 Å². The highest BCUT2D eigenvalue weighted by atomic mass is 16.5. The Hall–Kier alpha value is -0.670. The van der Waals surface area contributed by atoms with E-state index < -0.39 is 0 Å². The smallest absolute Gasteiger partial charge is 0.145 e. The van der Waals surface area contributed by atoms with Gasteiger partial charge in [-0.05, 0) is 17.9 Å². The molecule has 0 fully saturated rings. The Balaban J connectivity index is 0. The van der Waals surface area contributed by atoms with Crippen LogP contribution in [-0.2, 0) is 9.53 Å². The molecule has 0 aliphatic heterocycles. The first-order valence-electron chi connectivity index (χ1n) is 5.00. The molecule has 1 unspecified atom stereocenters. The SMILES string of the molecule is C=C(C)C=O.COCC(CO)C(C)(C)C. The largest absolute Gasteiger partial charge is 0.396 e. The maximum Gasteiger partial charge on any atom is 0.145 e. The third-order valence-electron chi connectivity index (χ3n) is 2.01. The lowest BCUT2D eigenvalue weighted by Gasteiger charge is -2.28. The minimum absolute atomic E-state index is 0.144. The molecule has 0 aliphatic rings. The van der Waals surface area contributed by atoms with Crippen molar-refractivity contribution < 1.29 is 14.6 Å². The van der Waals surface area contributed by atoms with E-state index in [2.05, 4.69) is 27.4 Å². The molecule has 3 heteroatoms. The highest BCUT2D eigenvalue weighted by molar-refractivity contribution is 5.70. The fraction of sp³-hybridized carbons (Fsp3) is 0.750. The molecule has 0 bridgehead atoms. The number of allylic oxidation sites excluding steroid dienone is 1. The molecule has 0 saturated heterocycles. The summed E-state index contributed by atoms with van der Waals surface area (Å²) >= 11 is 0. The summed E-state index contributed by atoms with van der Waals surface area (Å²) in [5.41, 5.74) is 0.718. The van der Waals surface area contributed by atoms with Crippen LogP contribution < -0.4 is 0 Å². The predicted molar refractivity (Wildman–Crippen MR) is 62.8 cm³/mol. The Morgan fingerprint density at radius 1 is 1.53 bits per heavy atom. The van der Waals surface area contributed by atoms with E-state index in [1.165, 1.54) is 0 Å². The lowest BCUT2D eigenvalue weighted by atomic mass is 9.82. The first kappa shape index (κ1) is 16.7. The number of carbonyl (C=O) groups is 1. The molecule has 15 heavy (non-hydrogen) atoms. The first-order valence-corrected chi connectivity index (χ1v) is 5.00. The molecule has 1 atom stereocenters. The first-order chi connectivity index (χ1) is 6.79. The quantitative estimate of drug-likeness (QED) is 0.578. The fourth-order valence-electron chi connectivity index (χ4n) is 0.778. The Labute approximate surface area is 93.1 Å². The van der Waals surface area contributed by atoms with Crippen LogP contribution in [0.25, 0.3) is 0 Å². The molecule has 0 aliphatic carbocycles. The van der Waals surface area contributed by atoms with Gasteiger partial charge < -0.3 is 9.84 Å². The van der Waals surface area contributed by atoms with Crippen LogP contribution in [0.3, 0.4) is 0 Å². The van der Waals surface area contributed by atoms with E-state index in [0.29, 0.717) is 12.2 Å². The minimum Gasteiger partial charge on any atom is -0.396 e. The zero-order valence-electron chi connectivity index (χ0n) is 10.5. The zero-order valence-corrected chi connectivity index (χ0v) is 10.5. The second-order valence-electron chi connectivity index (χ2n) is 4.67. The summed E-state index contributed by atoms with van der Waals surface area (Å²) in [6.07, 6.45) is 0.722. The van der Waals surface area contributed by atoms with Crippen molar-refractivity contribution in [3.8, 4) is 0 Å². The molecular formula is C12H24O3. The number of hydrogen-bond acceptors (Lipinski definition) is 3. The number of aldehydes is 1. The van der Waals surface area contributed by atoms with Gasteiger partial charge in [0, 0.05) is 19.6 Å². The van der Waals surface area contributed by atoms with Crippen LogP contribution in [0.1, 0.15) is 27.7 Å². The van der Waals surface area contributed by atoms with Gasteiger partial charge in [0.1, 0.15) is 6.29 Å². The Kier molecular flexibility index (Phi) is 9.63.